The Bertz CT molecular complexity index is 584. The molecule has 21 heavy (non-hydrogen) atoms. The minimum Gasteiger partial charge on any atom is -0.398 e. The molecule has 0 aliphatic heterocycles. The molecule has 0 atom stereocenters. The molecule has 0 aliphatic rings. The summed E-state index contributed by atoms with van der Waals surface area (Å²) in [5.74, 6) is 1.23. The number of benzene rings is 1. The fourth-order valence-electron chi connectivity index (χ4n) is 1.88. The molecule has 1 aromatic heterocycles. The summed E-state index contributed by atoms with van der Waals surface area (Å²) in [6.45, 7) is 6.42. The molecule has 1 heterocycles. The van der Waals surface area contributed by atoms with Gasteiger partial charge in [0.25, 0.3) is 0 Å². The van der Waals surface area contributed by atoms with Gasteiger partial charge in [-0.2, -0.15) is 0 Å². The molecule has 2 N–H and O–H groups in total. The fourth-order valence-corrected chi connectivity index (χ4v) is 2.00. The van der Waals surface area contributed by atoms with Gasteiger partial charge in [-0.15, -0.1) is 5.10 Å². The van der Waals surface area contributed by atoms with E-state index in [1.54, 1.807) is 16.8 Å². The Morgan fingerprint density at radius 1 is 1.38 bits per heavy atom. The van der Waals surface area contributed by atoms with Gasteiger partial charge in [-0.1, -0.05) is 25.4 Å². The molecule has 0 saturated heterocycles. The zero-order valence-electron chi connectivity index (χ0n) is 12.3. The molecule has 0 radical (unpaired) electrons. The molecular weight excluding hydrogens is 290 g/mol. The molecule has 0 amide bonds. The van der Waals surface area contributed by atoms with Gasteiger partial charge in [0, 0.05) is 25.3 Å². The molecule has 1 aromatic carbocycles. The molecule has 114 valence electrons. The summed E-state index contributed by atoms with van der Waals surface area (Å²) in [6, 6.07) is 5.38. The maximum Gasteiger partial charge on any atom is 0.182 e. The summed E-state index contributed by atoms with van der Waals surface area (Å²) in [4.78, 5) is 0. The highest BCUT2D eigenvalue weighted by atomic mass is 35.5. The first kappa shape index (κ1) is 15.7. The number of halogens is 1. The highest BCUT2D eigenvalue weighted by Crippen LogP contribution is 2.25. The Morgan fingerprint density at radius 3 is 2.90 bits per heavy atom. The molecule has 7 heteroatoms. The highest BCUT2D eigenvalue weighted by molar-refractivity contribution is 6.33. The molecule has 0 unspecified atom stereocenters. The average molecular weight is 310 g/mol. The third-order valence-corrected chi connectivity index (χ3v) is 3.24. The Kier molecular flexibility index (Phi) is 5.52. The zero-order valence-corrected chi connectivity index (χ0v) is 13.0. The molecule has 0 fully saturated rings. The van der Waals surface area contributed by atoms with Crippen LogP contribution in [0.4, 0.5) is 5.69 Å². The van der Waals surface area contributed by atoms with Gasteiger partial charge in [0.2, 0.25) is 0 Å². The average Bonchev–Trinajstić information content (AvgIpc) is 2.89. The first-order chi connectivity index (χ1) is 10.1. The summed E-state index contributed by atoms with van der Waals surface area (Å²) >= 11 is 5.93. The molecule has 0 bridgehead atoms. The van der Waals surface area contributed by atoms with Crippen LogP contribution in [-0.4, -0.2) is 33.4 Å². The van der Waals surface area contributed by atoms with Crippen molar-refractivity contribution < 1.29 is 4.74 Å². The number of anilines is 1. The van der Waals surface area contributed by atoms with Crippen LogP contribution >= 0.6 is 11.6 Å². The summed E-state index contributed by atoms with van der Waals surface area (Å²) in [6.07, 6.45) is 0.855. The van der Waals surface area contributed by atoms with Crippen molar-refractivity contribution in [1.82, 2.24) is 20.2 Å². The van der Waals surface area contributed by atoms with E-state index >= 15 is 0 Å². The second-order valence-electron chi connectivity index (χ2n) is 5.28. The molecule has 0 aliphatic carbocycles. The van der Waals surface area contributed by atoms with Crippen LogP contribution in [0.15, 0.2) is 18.2 Å². The number of hydrogen-bond acceptors (Lipinski definition) is 5. The second kappa shape index (κ2) is 7.38. The van der Waals surface area contributed by atoms with Crippen LogP contribution in [0.2, 0.25) is 5.02 Å². The van der Waals surface area contributed by atoms with E-state index in [0.717, 1.165) is 18.6 Å². The molecule has 0 spiro atoms. The second-order valence-corrected chi connectivity index (χ2v) is 5.69. The number of nitrogen functional groups attached to an aromatic ring is 1. The van der Waals surface area contributed by atoms with Crippen LogP contribution in [0.5, 0.6) is 0 Å². The van der Waals surface area contributed by atoms with E-state index in [0.29, 0.717) is 35.6 Å². The minimum absolute atomic E-state index is 0.518. The predicted octanol–water partition coefficient (Wildman–Crippen LogP) is 2.64. The van der Waals surface area contributed by atoms with Crippen molar-refractivity contribution in [2.75, 3.05) is 18.9 Å². The van der Waals surface area contributed by atoms with Crippen LogP contribution in [0.25, 0.3) is 11.4 Å². The number of rotatable bonds is 7. The number of ether oxygens (including phenoxy) is 1. The van der Waals surface area contributed by atoms with Crippen molar-refractivity contribution in [2.45, 2.75) is 26.8 Å². The monoisotopic (exact) mass is 309 g/mol. The maximum absolute atomic E-state index is 5.93. The molecule has 2 aromatic rings. The van der Waals surface area contributed by atoms with Crippen LogP contribution in [0, 0.1) is 5.92 Å². The zero-order chi connectivity index (χ0) is 15.2. The van der Waals surface area contributed by atoms with Crippen molar-refractivity contribution >= 4 is 17.3 Å². The summed E-state index contributed by atoms with van der Waals surface area (Å²) < 4.78 is 7.31. The van der Waals surface area contributed by atoms with Gasteiger partial charge in [-0.05, 0) is 41.0 Å². The van der Waals surface area contributed by atoms with Gasteiger partial charge in [0.15, 0.2) is 5.82 Å². The lowest BCUT2D eigenvalue weighted by Crippen LogP contribution is -2.08. The lowest BCUT2D eigenvalue weighted by atomic mass is 10.2. The fraction of sp³-hybridized carbons (Fsp3) is 0.500. The third-order valence-electron chi connectivity index (χ3n) is 2.90. The smallest absolute Gasteiger partial charge is 0.182 e. The van der Waals surface area contributed by atoms with Crippen molar-refractivity contribution in [2.24, 2.45) is 5.92 Å². The number of aromatic nitrogens is 4. The number of nitrogens with two attached hydrogens (primary N) is 1. The lowest BCUT2D eigenvalue weighted by Gasteiger charge is -2.08. The molecular formula is C14H20ClN5O. The van der Waals surface area contributed by atoms with Crippen molar-refractivity contribution in [3.63, 3.8) is 0 Å². The SMILES string of the molecule is CC(C)COCCCn1nnnc1-c1ccc(Cl)c(N)c1. The van der Waals surface area contributed by atoms with E-state index < -0.39 is 0 Å². The quantitative estimate of drug-likeness (QED) is 0.628. The summed E-state index contributed by atoms with van der Waals surface area (Å²) in [5.41, 5.74) is 7.18. The number of hydrogen-bond donors (Lipinski definition) is 1. The van der Waals surface area contributed by atoms with Gasteiger partial charge >= 0.3 is 0 Å². The van der Waals surface area contributed by atoms with Gasteiger partial charge in [0.1, 0.15) is 0 Å². The van der Waals surface area contributed by atoms with Gasteiger partial charge in [-0.3, -0.25) is 0 Å². The number of aryl methyl sites for hydroxylation is 1. The Balaban J connectivity index is 1.96. The first-order valence-corrected chi connectivity index (χ1v) is 7.35. The first-order valence-electron chi connectivity index (χ1n) is 6.97. The predicted molar refractivity (Wildman–Crippen MR) is 82.9 cm³/mol. The summed E-state index contributed by atoms with van der Waals surface area (Å²) in [5, 5.41) is 12.3. The van der Waals surface area contributed by atoms with Gasteiger partial charge in [-0.25, -0.2) is 4.68 Å². The molecule has 0 saturated carbocycles. The van der Waals surface area contributed by atoms with E-state index in [2.05, 4.69) is 29.4 Å². The largest absolute Gasteiger partial charge is 0.398 e. The summed E-state index contributed by atoms with van der Waals surface area (Å²) in [7, 11) is 0. The van der Waals surface area contributed by atoms with Crippen LogP contribution < -0.4 is 5.73 Å². The highest BCUT2D eigenvalue weighted by Gasteiger charge is 2.10. The number of nitrogens with zero attached hydrogens (tertiary/aromatic N) is 4. The van der Waals surface area contributed by atoms with E-state index in [1.165, 1.54) is 0 Å². The van der Waals surface area contributed by atoms with Crippen LogP contribution in [0.1, 0.15) is 20.3 Å². The topological polar surface area (TPSA) is 78.8 Å². The molecule has 6 nitrogen and oxygen atoms in total. The maximum atomic E-state index is 5.93. The van der Waals surface area contributed by atoms with E-state index in [-0.39, 0.29) is 0 Å². The van der Waals surface area contributed by atoms with E-state index in [1.807, 2.05) is 6.07 Å². The Labute approximate surface area is 129 Å². The molecule has 2 rings (SSSR count). The third kappa shape index (κ3) is 4.41. The van der Waals surface area contributed by atoms with E-state index in [9.17, 15) is 0 Å². The van der Waals surface area contributed by atoms with Gasteiger partial charge in [0.05, 0.1) is 10.7 Å². The van der Waals surface area contributed by atoms with Crippen LogP contribution in [0.3, 0.4) is 0 Å². The van der Waals surface area contributed by atoms with Crippen molar-refractivity contribution in [1.29, 1.82) is 0 Å². The lowest BCUT2D eigenvalue weighted by molar-refractivity contribution is 0.105. The standard InChI is InChI=1S/C14H20ClN5O/c1-10(2)9-21-7-3-6-20-14(17-18-19-20)11-4-5-12(15)13(16)8-11/h4-5,8,10H,3,6-7,9,16H2,1-2H3. The minimum atomic E-state index is 0.518. The Hall–Kier alpha value is -1.66. The van der Waals surface area contributed by atoms with Gasteiger partial charge < -0.3 is 10.5 Å². The van der Waals surface area contributed by atoms with Crippen molar-refractivity contribution in [3.8, 4) is 11.4 Å². The normalized spacial score (nSPS) is 11.2. The number of tetrazole rings is 1. The van der Waals surface area contributed by atoms with Crippen molar-refractivity contribution in [3.05, 3.63) is 23.2 Å². The van der Waals surface area contributed by atoms with Crippen LogP contribution in [-0.2, 0) is 11.3 Å². The van der Waals surface area contributed by atoms with E-state index in [4.69, 9.17) is 22.1 Å². The Morgan fingerprint density at radius 2 is 2.19 bits per heavy atom.